The summed E-state index contributed by atoms with van der Waals surface area (Å²) in [6, 6.07) is 9.73. The Bertz CT molecular complexity index is 724. The predicted octanol–water partition coefficient (Wildman–Crippen LogP) is 3.51. The van der Waals surface area contributed by atoms with Crippen LogP contribution in [0.25, 0.3) is 0 Å². The monoisotopic (exact) mass is 368 g/mol. The largest absolute Gasteiger partial charge is 0.477 e. The van der Waals surface area contributed by atoms with E-state index in [2.05, 4.69) is 21.2 Å². The molecule has 8 heteroatoms. The van der Waals surface area contributed by atoms with Crippen LogP contribution in [0.2, 0.25) is 0 Å². The SMILES string of the molecule is O=C(COc1cc(F)ccc1[N+](=O)[O-])Nc1ccccc1Br. The Morgan fingerprint density at radius 1 is 1.32 bits per heavy atom. The minimum atomic E-state index is -0.708. The molecule has 6 nitrogen and oxygen atoms in total. The van der Waals surface area contributed by atoms with Gasteiger partial charge < -0.3 is 10.1 Å². The van der Waals surface area contributed by atoms with Crippen molar-refractivity contribution in [3.63, 3.8) is 0 Å². The molecule has 0 saturated heterocycles. The van der Waals surface area contributed by atoms with Gasteiger partial charge in [-0.25, -0.2) is 4.39 Å². The Hall–Kier alpha value is -2.48. The van der Waals surface area contributed by atoms with Crippen molar-refractivity contribution in [2.45, 2.75) is 0 Å². The molecule has 0 aliphatic heterocycles. The van der Waals surface area contributed by atoms with E-state index in [1.165, 1.54) is 0 Å². The smallest absolute Gasteiger partial charge is 0.311 e. The fraction of sp³-hybridized carbons (Fsp3) is 0.0714. The first kappa shape index (κ1) is 15.9. The lowest BCUT2D eigenvalue weighted by Crippen LogP contribution is -2.20. The maximum absolute atomic E-state index is 13.1. The molecule has 0 fully saturated rings. The Morgan fingerprint density at radius 3 is 2.73 bits per heavy atom. The Labute approximate surface area is 133 Å². The van der Waals surface area contributed by atoms with Gasteiger partial charge in [-0.05, 0) is 34.1 Å². The number of amides is 1. The van der Waals surface area contributed by atoms with Crippen molar-refractivity contribution in [1.29, 1.82) is 0 Å². The second-order valence-corrected chi connectivity index (χ2v) is 5.04. The van der Waals surface area contributed by atoms with E-state index in [4.69, 9.17) is 4.74 Å². The van der Waals surface area contributed by atoms with Crippen LogP contribution in [0.4, 0.5) is 15.8 Å². The van der Waals surface area contributed by atoms with Crippen molar-refractivity contribution in [3.05, 3.63) is 62.9 Å². The maximum atomic E-state index is 13.1. The summed E-state index contributed by atoms with van der Waals surface area (Å²) in [5, 5.41) is 13.4. The Kier molecular flexibility index (Phi) is 5.05. The number of para-hydroxylation sites is 1. The molecule has 0 heterocycles. The van der Waals surface area contributed by atoms with Crippen LogP contribution in [-0.4, -0.2) is 17.4 Å². The van der Waals surface area contributed by atoms with Gasteiger partial charge in [0.2, 0.25) is 5.75 Å². The molecule has 0 aromatic heterocycles. The molecule has 1 amide bonds. The number of hydrogen-bond donors (Lipinski definition) is 1. The second-order valence-electron chi connectivity index (χ2n) is 4.19. The lowest BCUT2D eigenvalue weighted by molar-refractivity contribution is -0.385. The zero-order valence-electron chi connectivity index (χ0n) is 11.1. The molecular weight excluding hydrogens is 359 g/mol. The van der Waals surface area contributed by atoms with Crippen LogP contribution in [0, 0.1) is 15.9 Å². The fourth-order valence-electron chi connectivity index (χ4n) is 1.65. The van der Waals surface area contributed by atoms with Gasteiger partial charge in [-0.3, -0.25) is 14.9 Å². The number of nitrogens with one attached hydrogen (secondary N) is 1. The zero-order chi connectivity index (χ0) is 16.1. The third kappa shape index (κ3) is 4.01. The number of carbonyl (C=O) groups excluding carboxylic acids is 1. The van der Waals surface area contributed by atoms with Gasteiger partial charge in [0.15, 0.2) is 6.61 Å². The van der Waals surface area contributed by atoms with Gasteiger partial charge in [0, 0.05) is 16.6 Å². The van der Waals surface area contributed by atoms with Crippen molar-refractivity contribution in [2.75, 3.05) is 11.9 Å². The van der Waals surface area contributed by atoms with Gasteiger partial charge in [0.25, 0.3) is 5.91 Å². The Morgan fingerprint density at radius 2 is 2.05 bits per heavy atom. The van der Waals surface area contributed by atoms with Gasteiger partial charge in [-0.15, -0.1) is 0 Å². The average molecular weight is 369 g/mol. The van der Waals surface area contributed by atoms with E-state index in [0.717, 1.165) is 18.2 Å². The fourth-order valence-corrected chi connectivity index (χ4v) is 2.03. The average Bonchev–Trinajstić information content (AvgIpc) is 2.47. The van der Waals surface area contributed by atoms with Gasteiger partial charge >= 0.3 is 5.69 Å². The van der Waals surface area contributed by atoms with Crippen LogP contribution in [0.1, 0.15) is 0 Å². The lowest BCUT2D eigenvalue weighted by Gasteiger charge is -2.09. The van der Waals surface area contributed by atoms with Crippen LogP contribution in [-0.2, 0) is 4.79 Å². The minimum Gasteiger partial charge on any atom is -0.477 e. The molecule has 0 unspecified atom stereocenters. The summed E-state index contributed by atoms with van der Waals surface area (Å²) in [7, 11) is 0. The van der Waals surface area contributed by atoms with Crippen molar-refractivity contribution in [1.82, 2.24) is 0 Å². The molecule has 0 atom stereocenters. The van der Waals surface area contributed by atoms with E-state index < -0.39 is 28.9 Å². The summed E-state index contributed by atoms with van der Waals surface area (Å²) >= 11 is 3.27. The number of halogens is 2. The van der Waals surface area contributed by atoms with E-state index in [9.17, 15) is 19.3 Å². The molecule has 1 N–H and O–H groups in total. The summed E-state index contributed by atoms with van der Waals surface area (Å²) in [6.07, 6.45) is 0. The highest BCUT2D eigenvalue weighted by atomic mass is 79.9. The number of hydrogen-bond acceptors (Lipinski definition) is 4. The summed E-state index contributed by atoms with van der Waals surface area (Å²) in [5.74, 6) is -1.51. The second kappa shape index (κ2) is 6.99. The molecular formula is C14H10BrFN2O4. The van der Waals surface area contributed by atoms with E-state index in [1.807, 2.05) is 0 Å². The zero-order valence-corrected chi connectivity index (χ0v) is 12.7. The maximum Gasteiger partial charge on any atom is 0.311 e. The number of anilines is 1. The van der Waals surface area contributed by atoms with Crippen molar-refractivity contribution in [2.24, 2.45) is 0 Å². The first-order valence-electron chi connectivity index (χ1n) is 6.08. The molecule has 22 heavy (non-hydrogen) atoms. The van der Waals surface area contributed by atoms with E-state index in [0.29, 0.717) is 10.2 Å². The molecule has 2 aromatic rings. The summed E-state index contributed by atoms with van der Waals surface area (Å²) in [4.78, 5) is 21.9. The first-order valence-corrected chi connectivity index (χ1v) is 6.88. The molecule has 0 aliphatic rings. The van der Waals surface area contributed by atoms with E-state index in [-0.39, 0.29) is 5.75 Å². The number of benzene rings is 2. The summed E-state index contributed by atoms with van der Waals surface area (Å²) in [5.41, 5.74) is 0.125. The number of nitro benzene ring substituents is 1. The quantitative estimate of drug-likeness (QED) is 0.646. The highest BCUT2D eigenvalue weighted by Crippen LogP contribution is 2.27. The molecule has 2 aromatic carbocycles. The van der Waals surface area contributed by atoms with Gasteiger partial charge in [-0.1, -0.05) is 12.1 Å². The van der Waals surface area contributed by atoms with Crippen molar-refractivity contribution >= 4 is 33.2 Å². The van der Waals surface area contributed by atoms with Crippen LogP contribution in [0.5, 0.6) is 5.75 Å². The minimum absolute atomic E-state index is 0.299. The van der Waals surface area contributed by atoms with Crippen molar-refractivity contribution < 1.29 is 18.8 Å². The number of nitro groups is 1. The number of ether oxygens (including phenoxy) is 1. The molecule has 0 aliphatic carbocycles. The lowest BCUT2D eigenvalue weighted by atomic mass is 10.3. The van der Waals surface area contributed by atoms with Gasteiger partial charge in [0.05, 0.1) is 10.6 Å². The molecule has 2 rings (SSSR count). The number of carbonyl (C=O) groups is 1. The van der Waals surface area contributed by atoms with Crippen LogP contribution in [0.3, 0.4) is 0 Å². The van der Waals surface area contributed by atoms with Crippen LogP contribution < -0.4 is 10.1 Å². The Balaban J connectivity index is 2.04. The summed E-state index contributed by atoms with van der Waals surface area (Å²) in [6.45, 7) is -0.481. The number of rotatable bonds is 5. The molecule has 0 saturated carbocycles. The van der Waals surface area contributed by atoms with Gasteiger partial charge in [-0.2, -0.15) is 0 Å². The van der Waals surface area contributed by atoms with Gasteiger partial charge in [0.1, 0.15) is 5.82 Å². The molecule has 114 valence electrons. The standard InChI is InChI=1S/C14H10BrFN2O4/c15-10-3-1-2-4-11(10)17-14(19)8-22-13-7-9(16)5-6-12(13)18(20)21/h1-7H,8H2,(H,17,19). The molecule has 0 radical (unpaired) electrons. The third-order valence-electron chi connectivity index (χ3n) is 2.63. The number of nitrogens with zero attached hydrogens (tertiary/aromatic N) is 1. The summed E-state index contributed by atoms with van der Waals surface area (Å²) < 4.78 is 18.9. The van der Waals surface area contributed by atoms with Crippen LogP contribution in [0.15, 0.2) is 46.9 Å². The normalized spacial score (nSPS) is 10.1. The molecule has 0 bridgehead atoms. The highest BCUT2D eigenvalue weighted by molar-refractivity contribution is 9.10. The topological polar surface area (TPSA) is 81.5 Å². The molecule has 0 spiro atoms. The van der Waals surface area contributed by atoms with Crippen molar-refractivity contribution in [3.8, 4) is 5.75 Å². The first-order chi connectivity index (χ1) is 10.5. The van der Waals surface area contributed by atoms with E-state index >= 15 is 0 Å². The predicted molar refractivity (Wildman–Crippen MR) is 81.3 cm³/mol. The van der Waals surface area contributed by atoms with Crippen LogP contribution >= 0.6 is 15.9 Å². The highest BCUT2D eigenvalue weighted by Gasteiger charge is 2.17. The third-order valence-corrected chi connectivity index (χ3v) is 3.32. The van der Waals surface area contributed by atoms with E-state index in [1.54, 1.807) is 24.3 Å².